The van der Waals surface area contributed by atoms with E-state index in [4.69, 9.17) is 16.3 Å². The number of hydrogen-bond acceptors (Lipinski definition) is 2. The molecule has 0 heterocycles. The monoisotopic (exact) mass is 328 g/mol. The molecule has 0 spiro atoms. The van der Waals surface area contributed by atoms with Crippen molar-refractivity contribution < 1.29 is 4.74 Å². The fourth-order valence-corrected chi connectivity index (χ4v) is 2.69. The van der Waals surface area contributed by atoms with Gasteiger partial charge >= 0.3 is 0 Å². The SMILES string of the molecule is COc1cc(Cl)ccc1Sc1ccc(Br)cc1. The zero-order chi connectivity index (χ0) is 12.3. The lowest BCUT2D eigenvalue weighted by Crippen LogP contribution is -1.85. The van der Waals surface area contributed by atoms with Crippen LogP contribution < -0.4 is 4.74 Å². The van der Waals surface area contributed by atoms with E-state index in [1.807, 2.05) is 30.3 Å². The lowest BCUT2D eigenvalue weighted by atomic mass is 10.3. The van der Waals surface area contributed by atoms with E-state index in [1.54, 1.807) is 18.9 Å². The average molecular weight is 330 g/mol. The average Bonchev–Trinajstić information content (AvgIpc) is 2.34. The summed E-state index contributed by atoms with van der Waals surface area (Å²) in [7, 11) is 1.65. The quantitative estimate of drug-likeness (QED) is 0.759. The van der Waals surface area contributed by atoms with Crippen LogP contribution in [-0.2, 0) is 0 Å². The van der Waals surface area contributed by atoms with Crippen LogP contribution in [0.3, 0.4) is 0 Å². The molecular formula is C13H10BrClOS. The molecule has 2 aromatic rings. The van der Waals surface area contributed by atoms with Crippen molar-refractivity contribution in [2.24, 2.45) is 0 Å². The molecule has 0 saturated carbocycles. The van der Waals surface area contributed by atoms with E-state index >= 15 is 0 Å². The lowest BCUT2D eigenvalue weighted by molar-refractivity contribution is 0.405. The van der Waals surface area contributed by atoms with Crippen molar-refractivity contribution >= 4 is 39.3 Å². The zero-order valence-corrected chi connectivity index (χ0v) is 12.3. The molecule has 17 heavy (non-hydrogen) atoms. The van der Waals surface area contributed by atoms with Gasteiger partial charge in [0, 0.05) is 14.4 Å². The third-order valence-corrected chi connectivity index (χ3v) is 4.00. The smallest absolute Gasteiger partial charge is 0.134 e. The summed E-state index contributed by atoms with van der Waals surface area (Å²) in [6.45, 7) is 0. The van der Waals surface area contributed by atoms with Crippen molar-refractivity contribution in [3.8, 4) is 5.75 Å². The zero-order valence-electron chi connectivity index (χ0n) is 9.11. The van der Waals surface area contributed by atoms with Crippen LogP contribution in [0.2, 0.25) is 5.02 Å². The van der Waals surface area contributed by atoms with Crippen molar-refractivity contribution in [2.75, 3.05) is 7.11 Å². The summed E-state index contributed by atoms with van der Waals surface area (Å²) < 4.78 is 6.38. The van der Waals surface area contributed by atoms with Crippen LogP contribution in [0.1, 0.15) is 0 Å². The molecule has 0 aromatic heterocycles. The predicted molar refractivity (Wildman–Crippen MR) is 76.3 cm³/mol. The highest BCUT2D eigenvalue weighted by Gasteiger charge is 2.05. The van der Waals surface area contributed by atoms with E-state index < -0.39 is 0 Å². The lowest BCUT2D eigenvalue weighted by Gasteiger charge is -2.08. The van der Waals surface area contributed by atoms with Gasteiger partial charge in [-0.2, -0.15) is 0 Å². The van der Waals surface area contributed by atoms with Crippen LogP contribution in [0.25, 0.3) is 0 Å². The summed E-state index contributed by atoms with van der Waals surface area (Å²) in [6, 6.07) is 13.8. The van der Waals surface area contributed by atoms with Crippen molar-refractivity contribution in [2.45, 2.75) is 9.79 Å². The molecule has 0 saturated heterocycles. The minimum atomic E-state index is 0.682. The molecule has 0 bridgehead atoms. The summed E-state index contributed by atoms with van der Waals surface area (Å²) in [5.74, 6) is 0.797. The molecule has 0 amide bonds. The van der Waals surface area contributed by atoms with Crippen LogP contribution in [0.15, 0.2) is 56.7 Å². The molecule has 0 fully saturated rings. The highest BCUT2D eigenvalue weighted by atomic mass is 79.9. The van der Waals surface area contributed by atoms with E-state index in [0.717, 1.165) is 20.0 Å². The van der Waals surface area contributed by atoms with Crippen molar-refractivity contribution in [3.63, 3.8) is 0 Å². The number of methoxy groups -OCH3 is 1. The molecule has 0 aliphatic rings. The minimum Gasteiger partial charge on any atom is -0.496 e. The van der Waals surface area contributed by atoms with E-state index in [1.165, 1.54) is 0 Å². The molecule has 0 atom stereocenters. The van der Waals surface area contributed by atoms with Gasteiger partial charge in [0.05, 0.1) is 12.0 Å². The van der Waals surface area contributed by atoms with Crippen LogP contribution in [0.5, 0.6) is 5.75 Å². The Morgan fingerprint density at radius 3 is 2.47 bits per heavy atom. The van der Waals surface area contributed by atoms with E-state index in [0.29, 0.717) is 5.02 Å². The van der Waals surface area contributed by atoms with Gasteiger partial charge in [-0.3, -0.25) is 0 Å². The Morgan fingerprint density at radius 2 is 1.82 bits per heavy atom. The molecule has 88 valence electrons. The first-order valence-corrected chi connectivity index (χ1v) is 6.95. The van der Waals surface area contributed by atoms with Gasteiger partial charge in [-0.1, -0.05) is 39.3 Å². The van der Waals surface area contributed by atoms with Crippen molar-refractivity contribution in [1.29, 1.82) is 0 Å². The molecule has 0 unspecified atom stereocenters. The second-order valence-corrected chi connectivity index (χ2v) is 5.82. The predicted octanol–water partition coefficient (Wildman–Crippen LogP) is 5.26. The third kappa shape index (κ3) is 3.41. The maximum atomic E-state index is 5.92. The highest BCUT2D eigenvalue weighted by Crippen LogP contribution is 2.36. The van der Waals surface area contributed by atoms with Gasteiger partial charge in [-0.25, -0.2) is 0 Å². The first-order chi connectivity index (χ1) is 8.19. The second kappa shape index (κ2) is 5.80. The first kappa shape index (κ1) is 12.8. The molecule has 0 aliphatic carbocycles. The van der Waals surface area contributed by atoms with Gasteiger partial charge in [-0.05, 0) is 42.5 Å². The fraction of sp³-hybridized carbons (Fsp3) is 0.0769. The minimum absolute atomic E-state index is 0.682. The number of halogens is 2. The van der Waals surface area contributed by atoms with Gasteiger partial charge < -0.3 is 4.74 Å². The summed E-state index contributed by atoms with van der Waals surface area (Å²) in [5, 5.41) is 0.682. The Morgan fingerprint density at radius 1 is 1.12 bits per heavy atom. The van der Waals surface area contributed by atoms with E-state index in [-0.39, 0.29) is 0 Å². The maximum absolute atomic E-state index is 5.92. The standard InChI is InChI=1S/C13H10BrClOS/c1-16-12-8-10(15)4-7-13(12)17-11-5-2-9(14)3-6-11/h2-8H,1H3. The Labute approximate surface area is 118 Å². The highest BCUT2D eigenvalue weighted by molar-refractivity contribution is 9.10. The van der Waals surface area contributed by atoms with Crippen LogP contribution in [-0.4, -0.2) is 7.11 Å². The first-order valence-electron chi connectivity index (χ1n) is 4.96. The Hall–Kier alpha value is -0.640. The van der Waals surface area contributed by atoms with Gasteiger partial charge in [0.25, 0.3) is 0 Å². The molecule has 0 radical (unpaired) electrons. The molecule has 2 aromatic carbocycles. The third-order valence-electron chi connectivity index (χ3n) is 2.17. The summed E-state index contributed by atoms with van der Waals surface area (Å²) >= 11 is 11.0. The van der Waals surface area contributed by atoms with E-state index in [9.17, 15) is 0 Å². The van der Waals surface area contributed by atoms with Crippen molar-refractivity contribution in [1.82, 2.24) is 0 Å². The summed E-state index contributed by atoms with van der Waals surface area (Å²) in [6.07, 6.45) is 0. The Bertz CT molecular complexity index is 513. The summed E-state index contributed by atoms with van der Waals surface area (Å²) in [5.41, 5.74) is 0. The normalized spacial score (nSPS) is 10.3. The molecule has 2 rings (SSSR count). The topological polar surface area (TPSA) is 9.23 Å². The van der Waals surface area contributed by atoms with Crippen LogP contribution in [0.4, 0.5) is 0 Å². The number of hydrogen-bond donors (Lipinski definition) is 0. The summed E-state index contributed by atoms with van der Waals surface area (Å²) in [4.78, 5) is 2.22. The van der Waals surface area contributed by atoms with E-state index in [2.05, 4.69) is 28.1 Å². The molecule has 4 heteroatoms. The van der Waals surface area contributed by atoms with Gasteiger partial charge in [0.1, 0.15) is 5.75 Å². The molecule has 0 N–H and O–H groups in total. The van der Waals surface area contributed by atoms with Crippen LogP contribution in [0, 0.1) is 0 Å². The number of ether oxygens (including phenoxy) is 1. The Kier molecular flexibility index (Phi) is 4.37. The fourth-order valence-electron chi connectivity index (χ4n) is 1.36. The van der Waals surface area contributed by atoms with Gasteiger partial charge in [0.2, 0.25) is 0 Å². The Balaban J connectivity index is 2.26. The largest absolute Gasteiger partial charge is 0.496 e. The van der Waals surface area contributed by atoms with Crippen LogP contribution >= 0.6 is 39.3 Å². The van der Waals surface area contributed by atoms with Gasteiger partial charge in [-0.15, -0.1) is 0 Å². The molecule has 0 aliphatic heterocycles. The molecule has 1 nitrogen and oxygen atoms in total. The van der Waals surface area contributed by atoms with Crippen molar-refractivity contribution in [3.05, 3.63) is 52.0 Å². The number of benzene rings is 2. The number of rotatable bonds is 3. The second-order valence-electron chi connectivity index (χ2n) is 3.35. The molecular weight excluding hydrogens is 320 g/mol. The maximum Gasteiger partial charge on any atom is 0.134 e. The van der Waals surface area contributed by atoms with Gasteiger partial charge in [0.15, 0.2) is 0 Å².